The van der Waals surface area contributed by atoms with Crippen molar-refractivity contribution in [3.63, 3.8) is 0 Å². The van der Waals surface area contributed by atoms with Crippen LogP contribution in [0.1, 0.15) is 33.6 Å². The summed E-state index contributed by atoms with van der Waals surface area (Å²) in [5.41, 5.74) is 0. The summed E-state index contributed by atoms with van der Waals surface area (Å²) in [7, 11) is 0. The van der Waals surface area contributed by atoms with Crippen LogP contribution in [-0.4, -0.2) is 37.7 Å². The highest BCUT2D eigenvalue weighted by Crippen LogP contribution is 2.19. The number of hydrogen-bond acceptors (Lipinski definition) is 3. The Morgan fingerprint density at radius 2 is 2.31 bits per heavy atom. The topological polar surface area (TPSA) is 50.4 Å². The van der Waals surface area contributed by atoms with Crippen LogP contribution in [0.15, 0.2) is 0 Å². The molecule has 1 fully saturated rings. The average Bonchev–Trinajstić information content (AvgIpc) is 2.61. The van der Waals surface area contributed by atoms with Crippen LogP contribution in [-0.2, 0) is 9.53 Å². The van der Waals surface area contributed by atoms with E-state index in [4.69, 9.17) is 4.74 Å². The van der Waals surface area contributed by atoms with Gasteiger partial charge in [0.15, 0.2) is 0 Å². The van der Waals surface area contributed by atoms with Crippen LogP contribution in [0.2, 0.25) is 0 Å². The van der Waals surface area contributed by atoms with Crippen molar-refractivity contribution in [2.45, 2.75) is 45.8 Å². The Morgan fingerprint density at radius 1 is 1.56 bits per heavy atom. The summed E-state index contributed by atoms with van der Waals surface area (Å²) in [6.45, 7) is 8.64. The molecular weight excluding hydrogens is 204 g/mol. The van der Waals surface area contributed by atoms with Gasteiger partial charge >= 0.3 is 0 Å². The average molecular weight is 228 g/mol. The molecule has 0 aromatic heterocycles. The zero-order valence-electron chi connectivity index (χ0n) is 10.6. The van der Waals surface area contributed by atoms with E-state index in [0.29, 0.717) is 12.3 Å². The molecule has 2 N–H and O–H groups in total. The van der Waals surface area contributed by atoms with Crippen LogP contribution in [0.5, 0.6) is 0 Å². The van der Waals surface area contributed by atoms with Crippen LogP contribution < -0.4 is 10.6 Å². The third-order valence-corrected chi connectivity index (χ3v) is 3.14. The van der Waals surface area contributed by atoms with Crippen molar-refractivity contribution in [3.05, 3.63) is 0 Å². The molecule has 1 amide bonds. The molecule has 4 heteroatoms. The SMILES string of the molecule is CCNC(C)CC(=O)NCC1CCOC1C. The Bertz CT molecular complexity index is 221. The van der Waals surface area contributed by atoms with Gasteiger partial charge in [-0.05, 0) is 26.8 Å². The van der Waals surface area contributed by atoms with E-state index in [9.17, 15) is 4.79 Å². The van der Waals surface area contributed by atoms with E-state index >= 15 is 0 Å². The molecule has 16 heavy (non-hydrogen) atoms. The molecule has 4 nitrogen and oxygen atoms in total. The van der Waals surface area contributed by atoms with Gasteiger partial charge in [-0.15, -0.1) is 0 Å². The fraction of sp³-hybridized carbons (Fsp3) is 0.917. The Morgan fingerprint density at radius 3 is 2.88 bits per heavy atom. The quantitative estimate of drug-likeness (QED) is 0.710. The molecule has 1 rings (SSSR count). The maximum atomic E-state index is 11.6. The second-order valence-corrected chi connectivity index (χ2v) is 4.59. The van der Waals surface area contributed by atoms with Gasteiger partial charge in [0.05, 0.1) is 6.10 Å². The van der Waals surface area contributed by atoms with Gasteiger partial charge in [-0.25, -0.2) is 0 Å². The van der Waals surface area contributed by atoms with E-state index in [-0.39, 0.29) is 18.1 Å². The lowest BCUT2D eigenvalue weighted by molar-refractivity contribution is -0.121. The minimum atomic E-state index is 0.132. The number of amides is 1. The van der Waals surface area contributed by atoms with Gasteiger partial charge < -0.3 is 15.4 Å². The highest BCUT2D eigenvalue weighted by Gasteiger charge is 2.24. The largest absolute Gasteiger partial charge is 0.378 e. The van der Waals surface area contributed by atoms with Gasteiger partial charge in [-0.1, -0.05) is 6.92 Å². The standard InChI is InChI=1S/C12H24N2O2/c1-4-13-9(2)7-12(15)14-8-11-5-6-16-10(11)3/h9-11,13H,4-8H2,1-3H3,(H,14,15). The maximum Gasteiger partial charge on any atom is 0.221 e. The Labute approximate surface area is 98.1 Å². The summed E-state index contributed by atoms with van der Waals surface area (Å²) in [5, 5.41) is 6.21. The third kappa shape index (κ3) is 4.49. The van der Waals surface area contributed by atoms with Crippen molar-refractivity contribution < 1.29 is 9.53 Å². The molecule has 94 valence electrons. The van der Waals surface area contributed by atoms with Gasteiger partial charge in [-0.3, -0.25) is 4.79 Å². The van der Waals surface area contributed by atoms with Crippen molar-refractivity contribution in [3.8, 4) is 0 Å². The first-order valence-corrected chi connectivity index (χ1v) is 6.25. The van der Waals surface area contributed by atoms with Gasteiger partial charge in [0.2, 0.25) is 5.91 Å². The Hall–Kier alpha value is -0.610. The van der Waals surface area contributed by atoms with Crippen molar-refractivity contribution >= 4 is 5.91 Å². The number of hydrogen-bond donors (Lipinski definition) is 2. The van der Waals surface area contributed by atoms with Gasteiger partial charge in [0.25, 0.3) is 0 Å². The molecule has 0 aromatic carbocycles. The summed E-state index contributed by atoms with van der Waals surface area (Å²) in [4.78, 5) is 11.6. The molecule has 3 atom stereocenters. The van der Waals surface area contributed by atoms with Crippen molar-refractivity contribution in [2.24, 2.45) is 5.92 Å². The minimum absolute atomic E-state index is 0.132. The number of ether oxygens (including phenoxy) is 1. The third-order valence-electron chi connectivity index (χ3n) is 3.14. The van der Waals surface area contributed by atoms with E-state index in [1.165, 1.54) is 0 Å². The molecule has 0 bridgehead atoms. The predicted molar refractivity (Wildman–Crippen MR) is 64.3 cm³/mol. The fourth-order valence-electron chi connectivity index (χ4n) is 2.06. The van der Waals surface area contributed by atoms with E-state index in [0.717, 1.165) is 26.1 Å². The molecule has 1 aliphatic heterocycles. The first-order valence-electron chi connectivity index (χ1n) is 6.25. The molecule has 0 aliphatic carbocycles. The first kappa shape index (κ1) is 13.5. The predicted octanol–water partition coefficient (Wildman–Crippen LogP) is 0.916. The highest BCUT2D eigenvalue weighted by molar-refractivity contribution is 5.76. The highest BCUT2D eigenvalue weighted by atomic mass is 16.5. The van der Waals surface area contributed by atoms with Gasteiger partial charge in [0.1, 0.15) is 0 Å². The van der Waals surface area contributed by atoms with E-state index in [2.05, 4.69) is 17.6 Å². The molecule has 1 saturated heterocycles. The summed E-state index contributed by atoms with van der Waals surface area (Å²) >= 11 is 0. The van der Waals surface area contributed by atoms with Crippen LogP contribution in [0.25, 0.3) is 0 Å². The van der Waals surface area contributed by atoms with E-state index in [1.807, 2.05) is 13.8 Å². The maximum absolute atomic E-state index is 11.6. The number of carbonyl (C=O) groups excluding carboxylic acids is 1. The first-order chi connectivity index (χ1) is 7.63. The smallest absolute Gasteiger partial charge is 0.221 e. The molecule has 0 radical (unpaired) electrons. The number of carbonyl (C=O) groups is 1. The van der Waals surface area contributed by atoms with Crippen molar-refractivity contribution in [1.82, 2.24) is 10.6 Å². The zero-order chi connectivity index (χ0) is 12.0. The van der Waals surface area contributed by atoms with Crippen molar-refractivity contribution in [1.29, 1.82) is 0 Å². The molecular formula is C12H24N2O2. The van der Waals surface area contributed by atoms with Crippen LogP contribution in [0.3, 0.4) is 0 Å². The lowest BCUT2D eigenvalue weighted by Gasteiger charge is -2.16. The molecule has 3 unspecified atom stereocenters. The summed E-state index contributed by atoms with van der Waals surface area (Å²) in [5.74, 6) is 0.617. The second-order valence-electron chi connectivity index (χ2n) is 4.59. The summed E-state index contributed by atoms with van der Waals surface area (Å²) in [6.07, 6.45) is 1.89. The molecule has 0 spiro atoms. The normalized spacial score (nSPS) is 26.7. The minimum Gasteiger partial charge on any atom is -0.378 e. The molecule has 0 aromatic rings. The molecule has 1 aliphatic rings. The van der Waals surface area contributed by atoms with E-state index < -0.39 is 0 Å². The second kappa shape index (κ2) is 6.86. The van der Waals surface area contributed by atoms with Gasteiger partial charge in [0, 0.05) is 31.5 Å². The van der Waals surface area contributed by atoms with Crippen LogP contribution in [0.4, 0.5) is 0 Å². The van der Waals surface area contributed by atoms with Gasteiger partial charge in [-0.2, -0.15) is 0 Å². The summed E-state index contributed by atoms with van der Waals surface area (Å²) in [6, 6.07) is 0.252. The lowest BCUT2D eigenvalue weighted by Crippen LogP contribution is -2.36. The van der Waals surface area contributed by atoms with Crippen LogP contribution in [0, 0.1) is 5.92 Å². The fourth-order valence-corrected chi connectivity index (χ4v) is 2.06. The molecule has 1 heterocycles. The van der Waals surface area contributed by atoms with Crippen molar-refractivity contribution in [2.75, 3.05) is 19.7 Å². The number of rotatable bonds is 6. The molecule has 0 saturated carbocycles. The van der Waals surface area contributed by atoms with Crippen LogP contribution >= 0.6 is 0 Å². The lowest BCUT2D eigenvalue weighted by atomic mass is 10.0. The Balaban J connectivity index is 2.14. The zero-order valence-corrected chi connectivity index (χ0v) is 10.6. The Kier molecular flexibility index (Phi) is 5.77. The monoisotopic (exact) mass is 228 g/mol. The summed E-state index contributed by atoms with van der Waals surface area (Å²) < 4.78 is 5.45. The number of nitrogens with one attached hydrogen (secondary N) is 2. The van der Waals surface area contributed by atoms with E-state index in [1.54, 1.807) is 0 Å².